The zero-order valence-electron chi connectivity index (χ0n) is 12.8. The first-order chi connectivity index (χ1) is 10.3. The zero-order chi connectivity index (χ0) is 14.7. The molecule has 1 unspecified atom stereocenters. The van der Waals surface area contributed by atoms with E-state index in [-0.39, 0.29) is 5.91 Å². The second kappa shape index (κ2) is 6.48. The lowest BCUT2D eigenvalue weighted by Crippen LogP contribution is -2.52. The van der Waals surface area contributed by atoms with Crippen LogP contribution in [0.3, 0.4) is 0 Å². The molecule has 0 radical (unpaired) electrons. The third-order valence-electron chi connectivity index (χ3n) is 4.59. The Balaban J connectivity index is 1.62. The first kappa shape index (κ1) is 14.4. The summed E-state index contributed by atoms with van der Waals surface area (Å²) in [6.07, 6.45) is 3.63. The van der Waals surface area contributed by atoms with Gasteiger partial charge in [-0.1, -0.05) is 6.92 Å². The summed E-state index contributed by atoms with van der Waals surface area (Å²) in [4.78, 5) is 17.2. The molecule has 1 aromatic rings. The highest BCUT2D eigenvalue weighted by molar-refractivity contribution is 5.94. The number of nitrogens with one attached hydrogen (secondary N) is 1. The van der Waals surface area contributed by atoms with Crippen molar-refractivity contribution in [3.63, 3.8) is 0 Å². The van der Waals surface area contributed by atoms with Crippen molar-refractivity contribution in [2.45, 2.75) is 32.2 Å². The molecule has 2 heterocycles. The number of rotatable bonds is 4. The third-order valence-corrected chi connectivity index (χ3v) is 4.59. The lowest BCUT2D eigenvalue weighted by molar-refractivity contribution is 0.0571. The van der Waals surface area contributed by atoms with Gasteiger partial charge in [0.2, 0.25) is 0 Å². The highest BCUT2D eigenvalue weighted by Crippen LogP contribution is 2.22. The number of fused-ring (bicyclic) bond motifs is 1. The number of anilines is 1. The molecule has 0 aliphatic carbocycles. The van der Waals surface area contributed by atoms with Crippen molar-refractivity contribution in [3.05, 3.63) is 29.8 Å². The van der Waals surface area contributed by atoms with Crippen LogP contribution in [-0.4, -0.2) is 54.5 Å². The largest absolute Gasteiger partial charge is 0.385 e. The predicted molar refractivity (Wildman–Crippen MR) is 85.7 cm³/mol. The van der Waals surface area contributed by atoms with Crippen LogP contribution in [-0.2, 0) is 0 Å². The Morgan fingerprint density at radius 3 is 2.81 bits per heavy atom. The van der Waals surface area contributed by atoms with Gasteiger partial charge in [0, 0.05) is 43.5 Å². The van der Waals surface area contributed by atoms with Crippen molar-refractivity contribution in [3.8, 4) is 0 Å². The van der Waals surface area contributed by atoms with Gasteiger partial charge in [0.15, 0.2) is 0 Å². The fraction of sp³-hybridized carbons (Fsp3) is 0.588. The van der Waals surface area contributed by atoms with Gasteiger partial charge >= 0.3 is 0 Å². The van der Waals surface area contributed by atoms with E-state index in [1.54, 1.807) is 0 Å². The number of nitrogens with zero attached hydrogens (tertiary/aromatic N) is 2. The maximum Gasteiger partial charge on any atom is 0.253 e. The molecule has 3 rings (SSSR count). The van der Waals surface area contributed by atoms with Gasteiger partial charge in [-0.05, 0) is 50.1 Å². The Labute approximate surface area is 127 Å². The molecule has 1 aromatic carbocycles. The summed E-state index contributed by atoms with van der Waals surface area (Å²) in [6, 6.07) is 8.50. The van der Waals surface area contributed by atoms with E-state index in [1.807, 2.05) is 29.2 Å². The molecule has 114 valence electrons. The van der Waals surface area contributed by atoms with Crippen molar-refractivity contribution in [2.75, 3.05) is 38.0 Å². The number of amides is 1. The van der Waals surface area contributed by atoms with Crippen molar-refractivity contribution < 1.29 is 4.79 Å². The Morgan fingerprint density at radius 1 is 1.24 bits per heavy atom. The van der Waals surface area contributed by atoms with E-state index in [2.05, 4.69) is 17.1 Å². The van der Waals surface area contributed by atoms with Crippen molar-refractivity contribution in [1.82, 2.24) is 9.80 Å². The summed E-state index contributed by atoms with van der Waals surface area (Å²) < 4.78 is 0. The second-order valence-corrected chi connectivity index (χ2v) is 6.09. The van der Waals surface area contributed by atoms with Crippen LogP contribution in [0, 0.1) is 0 Å². The van der Waals surface area contributed by atoms with Crippen LogP contribution in [0.25, 0.3) is 0 Å². The van der Waals surface area contributed by atoms with Crippen LogP contribution in [0.15, 0.2) is 24.3 Å². The highest BCUT2D eigenvalue weighted by atomic mass is 16.2. The van der Waals surface area contributed by atoms with Crippen molar-refractivity contribution in [2.24, 2.45) is 0 Å². The molecule has 1 N–H and O–H groups in total. The molecular weight excluding hydrogens is 262 g/mol. The monoisotopic (exact) mass is 287 g/mol. The van der Waals surface area contributed by atoms with Crippen LogP contribution in [0.4, 0.5) is 5.69 Å². The maximum atomic E-state index is 12.6. The second-order valence-electron chi connectivity index (χ2n) is 6.09. The van der Waals surface area contributed by atoms with Gasteiger partial charge in [-0.15, -0.1) is 0 Å². The van der Waals surface area contributed by atoms with E-state index in [4.69, 9.17) is 0 Å². The van der Waals surface area contributed by atoms with E-state index in [9.17, 15) is 4.79 Å². The molecule has 0 aromatic heterocycles. The van der Waals surface area contributed by atoms with Gasteiger partial charge in [0.05, 0.1) is 0 Å². The van der Waals surface area contributed by atoms with E-state index in [0.29, 0.717) is 6.04 Å². The summed E-state index contributed by atoms with van der Waals surface area (Å²) in [5.41, 5.74) is 1.90. The molecule has 1 amide bonds. The van der Waals surface area contributed by atoms with Gasteiger partial charge in [-0.25, -0.2) is 0 Å². The van der Waals surface area contributed by atoms with E-state index in [0.717, 1.165) is 43.9 Å². The minimum absolute atomic E-state index is 0.184. The van der Waals surface area contributed by atoms with Gasteiger partial charge in [0.1, 0.15) is 0 Å². The Hall–Kier alpha value is -1.55. The Kier molecular flexibility index (Phi) is 4.44. The summed E-state index contributed by atoms with van der Waals surface area (Å²) in [7, 11) is 0. The van der Waals surface area contributed by atoms with Gasteiger partial charge in [0.25, 0.3) is 5.91 Å². The molecule has 2 saturated heterocycles. The van der Waals surface area contributed by atoms with Crippen molar-refractivity contribution in [1.29, 1.82) is 0 Å². The molecule has 2 aliphatic heterocycles. The highest BCUT2D eigenvalue weighted by Gasteiger charge is 2.32. The lowest BCUT2D eigenvalue weighted by Gasteiger charge is -2.37. The van der Waals surface area contributed by atoms with Gasteiger partial charge in [-0.3, -0.25) is 9.69 Å². The predicted octanol–water partition coefficient (Wildman–Crippen LogP) is 2.43. The molecule has 4 nitrogen and oxygen atoms in total. The minimum Gasteiger partial charge on any atom is -0.385 e. The van der Waals surface area contributed by atoms with Crippen LogP contribution >= 0.6 is 0 Å². The molecular formula is C17H25N3O. The fourth-order valence-electron chi connectivity index (χ4n) is 3.36. The Bertz CT molecular complexity index is 485. The molecule has 0 saturated carbocycles. The quantitative estimate of drug-likeness (QED) is 0.924. The number of hydrogen-bond donors (Lipinski definition) is 1. The topological polar surface area (TPSA) is 35.6 Å². The zero-order valence-corrected chi connectivity index (χ0v) is 12.8. The van der Waals surface area contributed by atoms with Gasteiger partial charge < -0.3 is 10.2 Å². The van der Waals surface area contributed by atoms with Crippen LogP contribution in [0.2, 0.25) is 0 Å². The first-order valence-corrected chi connectivity index (χ1v) is 8.15. The lowest BCUT2D eigenvalue weighted by atomic mass is 10.1. The van der Waals surface area contributed by atoms with E-state index in [1.165, 1.54) is 19.4 Å². The summed E-state index contributed by atoms with van der Waals surface area (Å²) in [5, 5.41) is 3.34. The van der Waals surface area contributed by atoms with E-state index >= 15 is 0 Å². The smallest absolute Gasteiger partial charge is 0.253 e. The normalized spacial score (nSPS) is 22.1. The molecule has 0 spiro atoms. The van der Waals surface area contributed by atoms with Crippen LogP contribution in [0.1, 0.15) is 36.5 Å². The Morgan fingerprint density at radius 2 is 2.05 bits per heavy atom. The standard InChI is InChI=1S/C17H25N3O/c1-2-9-18-15-7-5-14(6-8-15)17(21)20-12-11-19-10-3-4-16(19)13-20/h5-8,16,18H,2-4,9-13H2,1H3. The molecule has 2 fully saturated rings. The fourth-order valence-corrected chi connectivity index (χ4v) is 3.36. The molecule has 0 bridgehead atoms. The van der Waals surface area contributed by atoms with E-state index < -0.39 is 0 Å². The molecule has 1 atom stereocenters. The maximum absolute atomic E-state index is 12.6. The van der Waals surface area contributed by atoms with Crippen molar-refractivity contribution >= 4 is 11.6 Å². The SMILES string of the molecule is CCCNc1ccc(C(=O)N2CCN3CCCC3C2)cc1. The summed E-state index contributed by atoms with van der Waals surface area (Å²) in [5.74, 6) is 0.184. The third kappa shape index (κ3) is 3.21. The van der Waals surface area contributed by atoms with Crippen LogP contribution < -0.4 is 5.32 Å². The first-order valence-electron chi connectivity index (χ1n) is 8.15. The number of piperazine rings is 1. The minimum atomic E-state index is 0.184. The number of carbonyl (C=O) groups is 1. The molecule has 4 heteroatoms. The summed E-state index contributed by atoms with van der Waals surface area (Å²) in [6.45, 7) is 7.13. The average molecular weight is 287 g/mol. The number of hydrogen-bond acceptors (Lipinski definition) is 3. The number of benzene rings is 1. The number of carbonyl (C=O) groups excluding carboxylic acids is 1. The average Bonchev–Trinajstić information content (AvgIpc) is 3.00. The van der Waals surface area contributed by atoms with Gasteiger partial charge in [-0.2, -0.15) is 0 Å². The summed E-state index contributed by atoms with van der Waals surface area (Å²) >= 11 is 0. The van der Waals surface area contributed by atoms with Crippen LogP contribution in [0.5, 0.6) is 0 Å². The molecule has 21 heavy (non-hydrogen) atoms. The molecule has 2 aliphatic rings.